The number of benzene rings is 4. The summed E-state index contributed by atoms with van der Waals surface area (Å²) in [5, 5.41) is 9.64. The lowest BCUT2D eigenvalue weighted by Crippen LogP contribution is -2.36. The van der Waals surface area contributed by atoms with Crippen molar-refractivity contribution in [2.75, 3.05) is 53.5 Å². The summed E-state index contributed by atoms with van der Waals surface area (Å²) in [6.45, 7) is 6.44. The molecule has 11 nitrogen and oxygen atoms in total. The number of nitrogens with zero attached hydrogens (tertiary/aromatic N) is 4. The van der Waals surface area contributed by atoms with Gasteiger partial charge in [0, 0.05) is 87.7 Å². The number of rotatable bonds is 12. The third-order valence-corrected chi connectivity index (χ3v) is 10.4. The normalized spacial score (nSPS) is 13.1. The Morgan fingerprint density at radius 3 is 1.33 bits per heavy atom. The number of amides is 2. The second kappa shape index (κ2) is 22.5. The molecule has 0 saturated carbocycles. The van der Waals surface area contributed by atoms with E-state index >= 15 is 0 Å². The summed E-state index contributed by atoms with van der Waals surface area (Å²) in [4.78, 5) is 41.5. The van der Waals surface area contributed by atoms with Crippen molar-refractivity contribution in [3.05, 3.63) is 190 Å². The molecule has 0 radical (unpaired) electrons. The van der Waals surface area contributed by atoms with Crippen LogP contribution < -0.4 is 25.4 Å². The van der Waals surface area contributed by atoms with Gasteiger partial charge in [-0.05, 0) is 83.9 Å². The molecule has 1 aliphatic heterocycles. The highest BCUT2D eigenvalue weighted by molar-refractivity contribution is 5.93. The van der Waals surface area contributed by atoms with Gasteiger partial charge < -0.3 is 25.4 Å². The first-order valence-corrected chi connectivity index (χ1v) is 21.0. The summed E-state index contributed by atoms with van der Waals surface area (Å²) in [5.74, 6) is 14.0. The molecule has 0 atom stereocenters. The molecule has 0 spiro atoms. The Labute approximate surface area is 369 Å². The second-order valence-corrected chi connectivity index (χ2v) is 15.1. The average Bonchev–Trinajstić information content (AvgIpc) is 3.44. The SMILES string of the molecule is COc1ccc(C#Cc2cc(CN3CCNCCN(Cc4cc(C#Cc5ccc(OC)cc5)cc(C(=O)NCc5ccccc5)n4)CC3)nc(C(=O)NCc3ccccc3)c2)cc1. The van der Waals surface area contributed by atoms with E-state index in [0.717, 1.165) is 84.4 Å². The first-order chi connectivity index (χ1) is 30.9. The van der Waals surface area contributed by atoms with E-state index in [1.165, 1.54) is 0 Å². The van der Waals surface area contributed by atoms with Crippen LogP contribution in [0.1, 0.15) is 65.7 Å². The van der Waals surface area contributed by atoms with Crippen LogP contribution in [0.5, 0.6) is 11.5 Å². The van der Waals surface area contributed by atoms with Gasteiger partial charge in [-0.3, -0.25) is 19.4 Å². The van der Waals surface area contributed by atoms with E-state index in [2.05, 4.69) is 49.4 Å². The number of carbonyl (C=O) groups excluding carboxylic acids is 2. The van der Waals surface area contributed by atoms with Gasteiger partial charge in [-0.2, -0.15) is 0 Å². The van der Waals surface area contributed by atoms with Crippen LogP contribution in [-0.2, 0) is 26.2 Å². The average molecular weight is 838 g/mol. The van der Waals surface area contributed by atoms with E-state index in [4.69, 9.17) is 19.4 Å². The van der Waals surface area contributed by atoms with Crippen molar-refractivity contribution in [1.82, 2.24) is 35.7 Å². The molecule has 11 heteroatoms. The van der Waals surface area contributed by atoms with Crippen LogP contribution in [-0.4, -0.2) is 85.1 Å². The number of methoxy groups -OCH3 is 2. The van der Waals surface area contributed by atoms with Crippen LogP contribution in [0.2, 0.25) is 0 Å². The zero-order valence-electron chi connectivity index (χ0n) is 35.7. The van der Waals surface area contributed by atoms with E-state index < -0.39 is 0 Å². The van der Waals surface area contributed by atoms with Gasteiger partial charge in [0.25, 0.3) is 11.8 Å². The highest BCUT2D eigenvalue weighted by atomic mass is 16.5. The van der Waals surface area contributed by atoms with E-state index in [1.54, 1.807) is 26.4 Å². The number of nitrogens with one attached hydrogen (secondary N) is 3. The van der Waals surface area contributed by atoms with E-state index in [9.17, 15) is 9.59 Å². The molecular formula is C52H51N7O4. The van der Waals surface area contributed by atoms with Gasteiger partial charge in [0.05, 0.1) is 25.6 Å². The van der Waals surface area contributed by atoms with Gasteiger partial charge in [-0.15, -0.1) is 0 Å². The quantitative estimate of drug-likeness (QED) is 0.127. The third-order valence-electron chi connectivity index (χ3n) is 10.4. The maximum Gasteiger partial charge on any atom is 0.270 e. The largest absolute Gasteiger partial charge is 0.497 e. The molecule has 3 N–H and O–H groups in total. The standard InChI is InChI=1S/C52H51N7O4/c1-62-47-21-17-39(18-22-47)13-15-43-31-45(56-49(33-43)51(60)54-35-41-9-5-3-6-10-41)37-58-27-25-53-26-28-59(30-29-58)38-46-32-44(16-14-40-19-23-48(63-2)24-20-40)34-50(57-46)52(61)55-36-42-11-7-4-8-12-42/h3-12,17-24,31-34,53H,25-30,35-38H2,1-2H3,(H,54,60)(H,55,61). The second-order valence-electron chi connectivity index (χ2n) is 15.1. The Hall–Kier alpha value is -7.28. The molecule has 0 bridgehead atoms. The van der Waals surface area contributed by atoms with Crippen molar-refractivity contribution >= 4 is 11.8 Å². The van der Waals surface area contributed by atoms with Gasteiger partial charge in [-0.1, -0.05) is 84.3 Å². The minimum atomic E-state index is -0.262. The van der Waals surface area contributed by atoms with Crippen molar-refractivity contribution in [1.29, 1.82) is 0 Å². The molecule has 0 aliphatic carbocycles. The summed E-state index contributed by atoms with van der Waals surface area (Å²) in [6, 6.07) is 42.2. The van der Waals surface area contributed by atoms with E-state index in [1.807, 2.05) is 121 Å². The first kappa shape index (κ1) is 43.8. The molecule has 2 aromatic heterocycles. The van der Waals surface area contributed by atoms with Crippen molar-refractivity contribution in [3.63, 3.8) is 0 Å². The predicted octanol–water partition coefficient (Wildman–Crippen LogP) is 6.06. The monoisotopic (exact) mass is 837 g/mol. The molecular weight excluding hydrogens is 787 g/mol. The molecule has 1 aliphatic rings. The molecule has 63 heavy (non-hydrogen) atoms. The van der Waals surface area contributed by atoms with Crippen LogP contribution in [0.4, 0.5) is 0 Å². The van der Waals surface area contributed by atoms with E-state index in [-0.39, 0.29) is 11.8 Å². The molecule has 318 valence electrons. The number of carbonyl (C=O) groups is 2. The maximum atomic E-state index is 13.5. The lowest BCUT2D eigenvalue weighted by Gasteiger charge is -2.25. The lowest BCUT2D eigenvalue weighted by atomic mass is 10.1. The summed E-state index contributed by atoms with van der Waals surface area (Å²) in [6.07, 6.45) is 0. The Morgan fingerprint density at radius 1 is 0.540 bits per heavy atom. The Balaban J connectivity index is 1.09. The molecule has 4 aromatic carbocycles. The molecule has 2 amide bonds. The minimum Gasteiger partial charge on any atom is -0.497 e. The molecule has 0 unspecified atom stereocenters. The number of ether oxygens (including phenoxy) is 2. The fraction of sp³-hybridized carbons (Fsp3) is 0.231. The lowest BCUT2D eigenvalue weighted by molar-refractivity contribution is 0.0937. The summed E-state index contributed by atoms with van der Waals surface area (Å²) < 4.78 is 10.6. The van der Waals surface area contributed by atoms with Gasteiger partial charge >= 0.3 is 0 Å². The number of hydrogen-bond acceptors (Lipinski definition) is 9. The van der Waals surface area contributed by atoms with E-state index in [0.29, 0.717) is 48.7 Å². The van der Waals surface area contributed by atoms with Crippen LogP contribution in [0.25, 0.3) is 0 Å². The molecule has 7 rings (SSSR count). The highest BCUT2D eigenvalue weighted by Crippen LogP contribution is 2.15. The van der Waals surface area contributed by atoms with Crippen molar-refractivity contribution < 1.29 is 19.1 Å². The summed E-state index contributed by atoms with van der Waals surface area (Å²) in [7, 11) is 3.27. The van der Waals surface area contributed by atoms with Gasteiger partial charge in [0.1, 0.15) is 22.9 Å². The predicted molar refractivity (Wildman–Crippen MR) is 245 cm³/mol. The Kier molecular flexibility index (Phi) is 15.7. The molecule has 1 saturated heterocycles. The number of aromatic nitrogens is 2. The van der Waals surface area contributed by atoms with Crippen LogP contribution in [0, 0.1) is 23.7 Å². The Bertz CT molecular complexity index is 2400. The smallest absolute Gasteiger partial charge is 0.270 e. The maximum absolute atomic E-state index is 13.5. The molecule has 3 heterocycles. The van der Waals surface area contributed by atoms with Gasteiger partial charge in [0.2, 0.25) is 0 Å². The van der Waals surface area contributed by atoms with Crippen LogP contribution in [0.3, 0.4) is 0 Å². The highest BCUT2D eigenvalue weighted by Gasteiger charge is 2.18. The molecule has 6 aromatic rings. The third kappa shape index (κ3) is 13.6. The number of hydrogen-bond donors (Lipinski definition) is 3. The topological polar surface area (TPSA) is 121 Å². The minimum absolute atomic E-state index is 0.262. The fourth-order valence-electron chi connectivity index (χ4n) is 6.97. The van der Waals surface area contributed by atoms with Gasteiger partial charge in [-0.25, -0.2) is 9.97 Å². The zero-order valence-corrected chi connectivity index (χ0v) is 35.7. The Morgan fingerprint density at radius 2 is 0.937 bits per heavy atom. The number of pyridine rings is 2. The van der Waals surface area contributed by atoms with Crippen molar-refractivity contribution in [3.8, 4) is 35.2 Å². The molecule has 1 fully saturated rings. The zero-order chi connectivity index (χ0) is 43.6. The van der Waals surface area contributed by atoms with Crippen LogP contribution >= 0.6 is 0 Å². The fourth-order valence-corrected chi connectivity index (χ4v) is 6.97. The van der Waals surface area contributed by atoms with Crippen molar-refractivity contribution in [2.45, 2.75) is 26.2 Å². The first-order valence-electron chi connectivity index (χ1n) is 21.0. The van der Waals surface area contributed by atoms with Crippen molar-refractivity contribution in [2.24, 2.45) is 0 Å². The summed E-state index contributed by atoms with van der Waals surface area (Å²) >= 11 is 0. The summed E-state index contributed by atoms with van der Waals surface area (Å²) in [5.41, 5.74) is 7.21. The van der Waals surface area contributed by atoms with Crippen LogP contribution in [0.15, 0.2) is 133 Å². The van der Waals surface area contributed by atoms with Gasteiger partial charge in [0.15, 0.2) is 0 Å².